The number of carbonyl (C=O) groups is 3. The number of urea groups is 1. The molecule has 25 heavy (non-hydrogen) atoms. The zero-order valence-electron chi connectivity index (χ0n) is 13.7. The highest BCUT2D eigenvalue weighted by Crippen LogP contribution is 2.22. The summed E-state index contributed by atoms with van der Waals surface area (Å²) in [7, 11) is 1.56. The van der Waals surface area contributed by atoms with E-state index in [0.717, 1.165) is 20.9 Å². The van der Waals surface area contributed by atoms with Crippen molar-refractivity contribution < 1.29 is 19.1 Å². The van der Waals surface area contributed by atoms with E-state index < -0.39 is 17.8 Å². The Morgan fingerprint density at radius 1 is 1.16 bits per heavy atom. The Hall–Kier alpha value is -2.93. The lowest BCUT2D eigenvalue weighted by Crippen LogP contribution is -2.53. The topological polar surface area (TPSA) is 75.7 Å². The summed E-state index contributed by atoms with van der Waals surface area (Å²) in [6.07, 6.45) is 1.53. The van der Waals surface area contributed by atoms with E-state index in [9.17, 15) is 14.4 Å². The van der Waals surface area contributed by atoms with Crippen molar-refractivity contribution in [2.75, 3.05) is 7.11 Å². The molecule has 3 rings (SSSR count). The molecule has 2 aromatic rings. The predicted molar refractivity (Wildman–Crippen MR) is 94.1 cm³/mol. The Bertz CT molecular complexity index is 867. The molecule has 1 aromatic carbocycles. The first-order chi connectivity index (χ1) is 12.0. The number of imide groups is 2. The number of ether oxygens (including phenoxy) is 1. The van der Waals surface area contributed by atoms with Gasteiger partial charge in [-0.2, -0.15) is 0 Å². The van der Waals surface area contributed by atoms with Crippen molar-refractivity contribution >= 4 is 35.3 Å². The van der Waals surface area contributed by atoms with Gasteiger partial charge in [-0.25, -0.2) is 4.79 Å². The number of amides is 4. The molecule has 1 aliphatic rings. The summed E-state index contributed by atoms with van der Waals surface area (Å²) in [5.41, 5.74) is 1.68. The molecule has 128 valence electrons. The summed E-state index contributed by atoms with van der Waals surface area (Å²) < 4.78 is 5.09. The van der Waals surface area contributed by atoms with Crippen LogP contribution in [0.5, 0.6) is 5.75 Å². The number of nitrogens with one attached hydrogen (secondary N) is 1. The minimum atomic E-state index is -0.717. The summed E-state index contributed by atoms with van der Waals surface area (Å²) in [5, 5.41) is 4.11. The Labute approximate surface area is 148 Å². The van der Waals surface area contributed by atoms with Crippen molar-refractivity contribution in [2.45, 2.75) is 13.5 Å². The van der Waals surface area contributed by atoms with Crippen LogP contribution in [0.15, 0.2) is 41.3 Å². The molecule has 2 heterocycles. The van der Waals surface area contributed by atoms with Crippen molar-refractivity contribution in [3.05, 3.63) is 57.3 Å². The number of hydrogen-bond donors (Lipinski definition) is 1. The number of thiophene rings is 1. The lowest BCUT2D eigenvalue weighted by Gasteiger charge is -2.26. The SMILES string of the molecule is COc1ccc(CN2C(=O)NC(=O)/C(=C\c3sccc3C)C2=O)cc1. The molecule has 1 N–H and O–H groups in total. The van der Waals surface area contributed by atoms with E-state index in [0.29, 0.717) is 5.75 Å². The summed E-state index contributed by atoms with van der Waals surface area (Å²) >= 11 is 1.43. The largest absolute Gasteiger partial charge is 0.497 e. The van der Waals surface area contributed by atoms with Crippen LogP contribution in [0.2, 0.25) is 0 Å². The molecule has 0 radical (unpaired) electrons. The van der Waals surface area contributed by atoms with Gasteiger partial charge in [-0.1, -0.05) is 12.1 Å². The molecule has 1 aliphatic heterocycles. The van der Waals surface area contributed by atoms with Crippen LogP contribution in [0.3, 0.4) is 0 Å². The zero-order valence-corrected chi connectivity index (χ0v) is 14.6. The first-order valence-electron chi connectivity index (χ1n) is 7.55. The maximum atomic E-state index is 12.7. The molecule has 0 aliphatic carbocycles. The highest BCUT2D eigenvalue weighted by atomic mass is 32.1. The molecule has 0 atom stereocenters. The third-order valence-electron chi connectivity index (χ3n) is 3.86. The maximum absolute atomic E-state index is 12.7. The maximum Gasteiger partial charge on any atom is 0.331 e. The lowest BCUT2D eigenvalue weighted by molar-refractivity contribution is -0.130. The Kier molecular flexibility index (Phi) is 4.67. The molecule has 0 unspecified atom stereocenters. The number of hydrogen-bond acceptors (Lipinski definition) is 5. The van der Waals surface area contributed by atoms with Crippen LogP contribution in [0.1, 0.15) is 16.0 Å². The van der Waals surface area contributed by atoms with Gasteiger partial charge in [-0.15, -0.1) is 11.3 Å². The molecule has 1 fully saturated rings. The molecular formula is C18H16N2O4S. The molecule has 1 aromatic heterocycles. The molecule has 1 saturated heterocycles. The fourth-order valence-electron chi connectivity index (χ4n) is 2.41. The van der Waals surface area contributed by atoms with E-state index >= 15 is 0 Å². The number of methoxy groups -OCH3 is 1. The summed E-state index contributed by atoms with van der Waals surface area (Å²) in [5.74, 6) is -0.590. The Morgan fingerprint density at radius 2 is 1.88 bits per heavy atom. The fourth-order valence-corrected chi connectivity index (χ4v) is 3.27. The number of barbiturate groups is 1. The average molecular weight is 356 g/mol. The summed E-state index contributed by atoms with van der Waals surface area (Å²) in [6, 6.07) is 8.22. The van der Waals surface area contributed by atoms with Gasteiger partial charge in [-0.05, 0) is 47.7 Å². The van der Waals surface area contributed by atoms with E-state index in [2.05, 4.69) is 5.32 Å². The molecule has 0 bridgehead atoms. The second kappa shape index (κ2) is 6.90. The number of rotatable bonds is 4. The zero-order chi connectivity index (χ0) is 18.0. The predicted octanol–water partition coefficient (Wildman–Crippen LogP) is 2.73. The standard InChI is InChI=1S/C18H16N2O4S/c1-11-7-8-25-15(11)9-14-16(21)19-18(23)20(17(14)22)10-12-3-5-13(24-2)6-4-12/h3-9H,10H2,1-2H3,(H,19,21,23)/b14-9+. The van der Waals surface area contributed by atoms with Crippen molar-refractivity contribution in [1.29, 1.82) is 0 Å². The quantitative estimate of drug-likeness (QED) is 0.675. The second-order valence-electron chi connectivity index (χ2n) is 5.52. The van der Waals surface area contributed by atoms with E-state index in [1.54, 1.807) is 31.4 Å². The summed E-state index contributed by atoms with van der Waals surface area (Å²) in [6.45, 7) is 1.97. The Morgan fingerprint density at radius 3 is 2.48 bits per heavy atom. The molecule has 7 heteroatoms. The van der Waals surface area contributed by atoms with Crippen molar-refractivity contribution in [3.8, 4) is 5.75 Å². The van der Waals surface area contributed by atoms with Crippen LogP contribution in [0.4, 0.5) is 4.79 Å². The smallest absolute Gasteiger partial charge is 0.331 e. The van der Waals surface area contributed by atoms with Gasteiger partial charge in [-0.3, -0.25) is 19.8 Å². The third kappa shape index (κ3) is 3.46. The number of carbonyl (C=O) groups excluding carboxylic acids is 3. The van der Waals surface area contributed by atoms with Crippen LogP contribution in [0.25, 0.3) is 6.08 Å². The molecule has 6 nitrogen and oxygen atoms in total. The first kappa shape index (κ1) is 16.9. The molecular weight excluding hydrogens is 340 g/mol. The lowest BCUT2D eigenvalue weighted by atomic mass is 10.1. The van der Waals surface area contributed by atoms with Gasteiger partial charge in [0.1, 0.15) is 11.3 Å². The highest BCUT2D eigenvalue weighted by Gasteiger charge is 2.35. The van der Waals surface area contributed by atoms with E-state index in [1.807, 2.05) is 18.4 Å². The van der Waals surface area contributed by atoms with E-state index in [-0.39, 0.29) is 12.1 Å². The van der Waals surface area contributed by atoms with Crippen LogP contribution in [0, 0.1) is 6.92 Å². The first-order valence-corrected chi connectivity index (χ1v) is 8.43. The third-order valence-corrected chi connectivity index (χ3v) is 4.83. The van der Waals surface area contributed by atoms with Gasteiger partial charge in [0, 0.05) is 4.88 Å². The number of benzene rings is 1. The van der Waals surface area contributed by atoms with E-state index in [1.165, 1.54) is 17.4 Å². The van der Waals surface area contributed by atoms with Gasteiger partial charge in [0.15, 0.2) is 0 Å². The average Bonchev–Trinajstić information content (AvgIpc) is 3.01. The van der Waals surface area contributed by atoms with E-state index in [4.69, 9.17) is 4.74 Å². The Balaban J connectivity index is 1.87. The fraction of sp³-hybridized carbons (Fsp3) is 0.167. The van der Waals surface area contributed by atoms with Gasteiger partial charge in [0.05, 0.1) is 13.7 Å². The molecule has 0 spiro atoms. The van der Waals surface area contributed by atoms with Gasteiger partial charge in [0.2, 0.25) is 0 Å². The van der Waals surface area contributed by atoms with Crippen molar-refractivity contribution in [3.63, 3.8) is 0 Å². The number of aryl methyl sites for hydroxylation is 1. The minimum absolute atomic E-state index is 0.0429. The summed E-state index contributed by atoms with van der Waals surface area (Å²) in [4.78, 5) is 38.7. The van der Waals surface area contributed by atoms with Crippen molar-refractivity contribution in [2.24, 2.45) is 0 Å². The van der Waals surface area contributed by atoms with Crippen molar-refractivity contribution in [1.82, 2.24) is 10.2 Å². The normalized spacial score (nSPS) is 16.3. The molecule has 0 saturated carbocycles. The second-order valence-corrected chi connectivity index (χ2v) is 6.47. The highest BCUT2D eigenvalue weighted by molar-refractivity contribution is 7.11. The van der Waals surface area contributed by atoms with Crippen LogP contribution >= 0.6 is 11.3 Å². The minimum Gasteiger partial charge on any atom is -0.497 e. The van der Waals surface area contributed by atoms with Gasteiger partial charge < -0.3 is 4.74 Å². The van der Waals surface area contributed by atoms with Crippen LogP contribution in [-0.2, 0) is 16.1 Å². The van der Waals surface area contributed by atoms with Gasteiger partial charge >= 0.3 is 6.03 Å². The molecule has 4 amide bonds. The van der Waals surface area contributed by atoms with Crippen LogP contribution in [-0.4, -0.2) is 29.9 Å². The monoisotopic (exact) mass is 356 g/mol. The van der Waals surface area contributed by atoms with Gasteiger partial charge in [0.25, 0.3) is 11.8 Å². The van der Waals surface area contributed by atoms with Crippen LogP contribution < -0.4 is 10.1 Å². The number of nitrogens with zero attached hydrogens (tertiary/aromatic N) is 1.